The lowest BCUT2D eigenvalue weighted by atomic mass is 9.63. The maximum Gasteiger partial charge on any atom is 0.222 e. The zero-order chi connectivity index (χ0) is 25.2. The van der Waals surface area contributed by atoms with E-state index in [1.165, 1.54) is 29.5 Å². The van der Waals surface area contributed by atoms with E-state index in [2.05, 4.69) is 74.9 Å². The number of hydrogen-bond acceptors (Lipinski definition) is 5. The van der Waals surface area contributed by atoms with Gasteiger partial charge in [0.15, 0.2) is 5.13 Å². The molecule has 5 nitrogen and oxygen atoms in total. The summed E-state index contributed by atoms with van der Waals surface area (Å²) in [6, 6.07) is 7.04. The first-order valence-corrected chi connectivity index (χ1v) is 14.4. The minimum Gasteiger partial charge on any atom is -0.346 e. The van der Waals surface area contributed by atoms with Gasteiger partial charge in [0.25, 0.3) is 0 Å². The van der Waals surface area contributed by atoms with Crippen molar-refractivity contribution in [2.75, 3.05) is 50.7 Å². The van der Waals surface area contributed by atoms with Crippen molar-refractivity contribution >= 4 is 22.4 Å². The fourth-order valence-corrected chi connectivity index (χ4v) is 6.53. The van der Waals surface area contributed by atoms with E-state index in [0.29, 0.717) is 6.42 Å². The SMILES string of the molecule is CCN(CC)C(=O)CCCN1CCN(c2nc(-c3ccc4c(c3)C(C)(C)CCC4(C)C)cs2)CC1. The highest BCUT2D eigenvalue weighted by atomic mass is 32.1. The number of fused-ring (bicyclic) bond motifs is 1. The van der Waals surface area contributed by atoms with Gasteiger partial charge in [-0.3, -0.25) is 9.69 Å². The number of anilines is 1. The van der Waals surface area contributed by atoms with Crippen LogP contribution in [0, 0.1) is 0 Å². The molecule has 0 atom stereocenters. The number of hydrogen-bond donors (Lipinski definition) is 0. The van der Waals surface area contributed by atoms with Crippen LogP contribution in [-0.2, 0) is 15.6 Å². The molecular formula is C29H44N4OS. The number of aromatic nitrogens is 1. The zero-order valence-corrected chi connectivity index (χ0v) is 23.5. The van der Waals surface area contributed by atoms with E-state index in [4.69, 9.17) is 4.98 Å². The largest absolute Gasteiger partial charge is 0.346 e. The quantitative estimate of drug-likeness (QED) is 0.454. The molecule has 0 radical (unpaired) electrons. The zero-order valence-electron chi connectivity index (χ0n) is 22.7. The van der Waals surface area contributed by atoms with Crippen LogP contribution in [0.25, 0.3) is 11.3 Å². The van der Waals surface area contributed by atoms with Gasteiger partial charge in [-0.2, -0.15) is 0 Å². The van der Waals surface area contributed by atoms with Gasteiger partial charge in [-0.25, -0.2) is 4.98 Å². The molecule has 0 N–H and O–H groups in total. The number of nitrogens with zero attached hydrogens (tertiary/aromatic N) is 4. The van der Waals surface area contributed by atoms with Crippen molar-refractivity contribution in [3.05, 3.63) is 34.7 Å². The lowest BCUT2D eigenvalue weighted by molar-refractivity contribution is -0.131. The van der Waals surface area contributed by atoms with Crippen molar-refractivity contribution in [2.45, 2.75) is 78.1 Å². The summed E-state index contributed by atoms with van der Waals surface area (Å²) in [5, 5.41) is 3.36. The Morgan fingerprint density at radius 2 is 1.66 bits per heavy atom. The summed E-state index contributed by atoms with van der Waals surface area (Å²) in [4.78, 5) is 24.2. The third-order valence-corrected chi connectivity index (χ3v) is 9.17. The molecule has 2 aromatic rings. The summed E-state index contributed by atoms with van der Waals surface area (Å²) >= 11 is 1.77. The summed E-state index contributed by atoms with van der Waals surface area (Å²) in [6.07, 6.45) is 4.08. The van der Waals surface area contributed by atoms with Gasteiger partial charge in [0.2, 0.25) is 5.91 Å². The fraction of sp³-hybridized carbons (Fsp3) is 0.655. The minimum absolute atomic E-state index is 0.214. The maximum atomic E-state index is 12.2. The molecule has 192 valence electrons. The van der Waals surface area contributed by atoms with Crippen molar-refractivity contribution in [1.82, 2.24) is 14.8 Å². The van der Waals surface area contributed by atoms with Crippen LogP contribution in [0.5, 0.6) is 0 Å². The predicted octanol–water partition coefficient (Wildman–Crippen LogP) is 5.93. The van der Waals surface area contributed by atoms with Gasteiger partial charge < -0.3 is 9.80 Å². The highest BCUT2D eigenvalue weighted by Gasteiger charge is 2.37. The maximum absolute atomic E-state index is 12.2. The van der Waals surface area contributed by atoms with Crippen LogP contribution >= 0.6 is 11.3 Å². The molecular weight excluding hydrogens is 452 g/mol. The molecule has 35 heavy (non-hydrogen) atoms. The molecule has 1 aromatic heterocycles. The Balaban J connectivity index is 1.35. The van der Waals surface area contributed by atoms with Gasteiger partial charge in [-0.15, -0.1) is 11.3 Å². The van der Waals surface area contributed by atoms with E-state index in [9.17, 15) is 4.79 Å². The topological polar surface area (TPSA) is 39.7 Å². The van der Waals surface area contributed by atoms with Crippen LogP contribution in [0.3, 0.4) is 0 Å². The summed E-state index contributed by atoms with van der Waals surface area (Å²) < 4.78 is 0. The van der Waals surface area contributed by atoms with Crippen LogP contribution in [0.15, 0.2) is 23.6 Å². The first kappa shape index (κ1) is 26.2. The van der Waals surface area contributed by atoms with Crippen molar-refractivity contribution in [1.29, 1.82) is 0 Å². The number of thiazole rings is 1. The summed E-state index contributed by atoms with van der Waals surface area (Å²) in [5.41, 5.74) is 5.80. The van der Waals surface area contributed by atoms with Gasteiger partial charge in [0.1, 0.15) is 0 Å². The molecule has 2 heterocycles. The second-order valence-corrected chi connectivity index (χ2v) is 12.4. The molecule has 1 aromatic carbocycles. The third kappa shape index (κ3) is 5.75. The van der Waals surface area contributed by atoms with Crippen LogP contribution in [-0.4, -0.2) is 66.5 Å². The van der Waals surface area contributed by atoms with E-state index in [0.717, 1.165) is 63.1 Å². The molecule has 4 rings (SSSR count). The third-order valence-electron chi connectivity index (χ3n) is 8.26. The number of carbonyl (C=O) groups excluding carboxylic acids is 1. The normalized spacial score (nSPS) is 19.4. The van der Waals surface area contributed by atoms with E-state index in [1.54, 1.807) is 11.3 Å². The van der Waals surface area contributed by atoms with Crippen molar-refractivity contribution in [2.24, 2.45) is 0 Å². The molecule has 1 fully saturated rings. The van der Waals surface area contributed by atoms with Crippen LogP contribution < -0.4 is 4.90 Å². The van der Waals surface area contributed by atoms with E-state index in [-0.39, 0.29) is 16.7 Å². The van der Waals surface area contributed by atoms with Crippen molar-refractivity contribution in [3.63, 3.8) is 0 Å². The standard InChI is InChI=1S/C29H44N4OS/c1-7-32(8-2)26(34)10-9-15-31-16-18-33(19-17-31)27-30-25(21-35-27)22-11-12-23-24(20-22)29(5,6)14-13-28(23,3)4/h11-12,20-21H,7-10,13-19H2,1-6H3. The monoisotopic (exact) mass is 496 g/mol. The van der Waals surface area contributed by atoms with Gasteiger partial charge in [-0.1, -0.05) is 39.8 Å². The first-order valence-electron chi connectivity index (χ1n) is 13.5. The molecule has 6 heteroatoms. The van der Waals surface area contributed by atoms with Crippen molar-refractivity contribution in [3.8, 4) is 11.3 Å². The Hall–Kier alpha value is -1.92. The van der Waals surface area contributed by atoms with E-state index in [1.807, 2.05) is 4.90 Å². The molecule has 1 amide bonds. The average molecular weight is 497 g/mol. The number of benzene rings is 1. The molecule has 0 saturated carbocycles. The van der Waals surface area contributed by atoms with Crippen molar-refractivity contribution < 1.29 is 4.79 Å². The molecule has 0 unspecified atom stereocenters. The average Bonchev–Trinajstić information content (AvgIpc) is 3.33. The fourth-order valence-electron chi connectivity index (χ4n) is 5.64. The summed E-state index contributed by atoms with van der Waals surface area (Å²) in [7, 11) is 0. The number of carbonyl (C=O) groups is 1. The Bertz CT molecular complexity index is 1020. The summed E-state index contributed by atoms with van der Waals surface area (Å²) in [5.74, 6) is 0.290. The van der Waals surface area contributed by atoms with E-state index < -0.39 is 0 Å². The van der Waals surface area contributed by atoms with E-state index >= 15 is 0 Å². The lowest BCUT2D eigenvalue weighted by Crippen LogP contribution is -2.46. The lowest BCUT2D eigenvalue weighted by Gasteiger charge is -2.42. The predicted molar refractivity (Wildman–Crippen MR) is 149 cm³/mol. The Morgan fingerprint density at radius 3 is 2.31 bits per heavy atom. The molecule has 0 bridgehead atoms. The highest BCUT2D eigenvalue weighted by molar-refractivity contribution is 7.14. The Labute approximate surface area is 216 Å². The van der Waals surface area contributed by atoms with Gasteiger partial charge in [0, 0.05) is 56.6 Å². The molecule has 1 saturated heterocycles. The summed E-state index contributed by atoms with van der Waals surface area (Å²) in [6.45, 7) is 20.3. The molecule has 2 aliphatic rings. The molecule has 0 spiro atoms. The number of rotatable bonds is 8. The van der Waals surface area contributed by atoms with Crippen LogP contribution in [0.1, 0.15) is 78.4 Å². The second kappa shape index (κ2) is 10.6. The Kier molecular flexibility index (Phi) is 7.92. The van der Waals surface area contributed by atoms with Gasteiger partial charge in [-0.05, 0) is 67.7 Å². The molecule has 1 aliphatic carbocycles. The van der Waals surface area contributed by atoms with Gasteiger partial charge in [0.05, 0.1) is 5.69 Å². The van der Waals surface area contributed by atoms with Gasteiger partial charge >= 0.3 is 0 Å². The minimum atomic E-state index is 0.214. The second-order valence-electron chi connectivity index (χ2n) is 11.5. The smallest absolute Gasteiger partial charge is 0.222 e. The number of amides is 1. The highest BCUT2D eigenvalue weighted by Crippen LogP contribution is 2.46. The van der Waals surface area contributed by atoms with Crippen LogP contribution in [0.2, 0.25) is 0 Å². The number of piperazine rings is 1. The Morgan fingerprint density at radius 1 is 1.00 bits per heavy atom. The van der Waals surface area contributed by atoms with Crippen LogP contribution in [0.4, 0.5) is 5.13 Å². The first-order chi connectivity index (χ1) is 16.6. The molecule has 1 aliphatic heterocycles.